The predicted octanol–water partition coefficient (Wildman–Crippen LogP) is 2.71. The van der Waals surface area contributed by atoms with E-state index in [9.17, 15) is 4.79 Å². The second-order valence-corrected chi connectivity index (χ2v) is 5.01. The van der Waals surface area contributed by atoms with E-state index in [0.717, 1.165) is 12.8 Å². The van der Waals surface area contributed by atoms with Crippen LogP contribution in [-0.4, -0.2) is 23.2 Å². The van der Waals surface area contributed by atoms with Crippen LogP contribution >= 0.6 is 0 Å². The molecule has 0 spiro atoms. The maximum absolute atomic E-state index is 10.9. The molecule has 1 rings (SSSR count). The van der Waals surface area contributed by atoms with Crippen LogP contribution in [0.5, 0.6) is 0 Å². The Labute approximate surface area is 109 Å². The zero-order chi connectivity index (χ0) is 13.5. The first kappa shape index (κ1) is 14.7. The molecule has 0 heterocycles. The predicted molar refractivity (Wildman–Crippen MR) is 73.6 cm³/mol. The molecule has 3 atom stereocenters. The Hall–Kier alpha value is -1.35. The van der Waals surface area contributed by atoms with Crippen LogP contribution in [0.15, 0.2) is 30.3 Å². The van der Waals surface area contributed by atoms with Crippen molar-refractivity contribution in [3.05, 3.63) is 35.9 Å². The highest BCUT2D eigenvalue weighted by Crippen LogP contribution is 2.08. The lowest BCUT2D eigenvalue weighted by molar-refractivity contribution is -0.142. The van der Waals surface area contributed by atoms with Gasteiger partial charge in [0.15, 0.2) is 0 Å². The van der Waals surface area contributed by atoms with Crippen LogP contribution in [0.2, 0.25) is 0 Å². The number of nitrogens with one attached hydrogen (secondary N) is 1. The molecular weight excluding hydrogens is 226 g/mol. The summed E-state index contributed by atoms with van der Waals surface area (Å²) in [4.78, 5) is 10.9. The zero-order valence-corrected chi connectivity index (χ0v) is 11.4. The normalized spacial score (nSPS) is 15.9. The summed E-state index contributed by atoms with van der Waals surface area (Å²) >= 11 is 0. The van der Waals surface area contributed by atoms with E-state index < -0.39 is 5.97 Å². The van der Waals surface area contributed by atoms with Gasteiger partial charge in [0.2, 0.25) is 0 Å². The van der Waals surface area contributed by atoms with E-state index in [1.807, 2.05) is 25.1 Å². The molecule has 0 aliphatic rings. The highest BCUT2D eigenvalue weighted by Gasteiger charge is 2.20. The van der Waals surface area contributed by atoms with E-state index in [0.29, 0.717) is 6.04 Å². The van der Waals surface area contributed by atoms with Gasteiger partial charge in [-0.1, -0.05) is 37.3 Å². The second kappa shape index (κ2) is 7.17. The lowest BCUT2D eigenvalue weighted by atomic mass is 10.0. The molecule has 0 aliphatic carbocycles. The summed E-state index contributed by atoms with van der Waals surface area (Å²) in [5.74, 6) is -1.10. The van der Waals surface area contributed by atoms with Gasteiger partial charge in [-0.2, -0.15) is 0 Å². The van der Waals surface area contributed by atoms with E-state index >= 15 is 0 Å². The number of hydrogen-bond donors (Lipinski definition) is 2. The molecule has 0 saturated carbocycles. The molecule has 0 aliphatic heterocycles. The van der Waals surface area contributed by atoms with Crippen LogP contribution in [0.3, 0.4) is 0 Å². The number of benzene rings is 1. The monoisotopic (exact) mass is 249 g/mol. The summed E-state index contributed by atoms with van der Waals surface area (Å²) in [5.41, 5.74) is 1.32. The van der Waals surface area contributed by atoms with Crippen molar-refractivity contribution >= 4 is 5.97 Å². The van der Waals surface area contributed by atoms with Crippen LogP contribution in [-0.2, 0) is 11.2 Å². The van der Waals surface area contributed by atoms with Gasteiger partial charge in [-0.25, -0.2) is 0 Å². The first-order chi connectivity index (χ1) is 8.50. The summed E-state index contributed by atoms with van der Waals surface area (Å²) in [6, 6.07) is 10.7. The molecule has 2 N–H and O–H groups in total. The Bertz CT molecular complexity index is 364. The minimum absolute atomic E-state index is 0.00623. The van der Waals surface area contributed by atoms with Gasteiger partial charge < -0.3 is 10.4 Å². The van der Waals surface area contributed by atoms with Crippen molar-refractivity contribution in [1.82, 2.24) is 5.32 Å². The van der Waals surface area contributed by atoms with E-state index in [-0.39, 0.29) is 12.0 Å². The zero-order valence-electron chi connectivity index (χ0n) is 11.4. The van der Waals surface area contributed by atoms with Gasteiger partial charge in [0.05, 0.1) is 5.92 Å². The molecule has 3 unspecified atom stereocenters. The van der Waals surface area contributed by atoms with Gasteiger partial charge in [0.25, 0.3) is 0 Å². The van der Waals surface area contributed by atoms with Crippen LogP contribution in [0, 0.1) is 5.92 Å². The van der Waals surface area contributed by atoms with Crippen molar-refractivity contribution in [2.75, 3.05) is 0 Å². The average molecular weight is 249 g/mol. The molecule has 0 radical (unpaired) electrons. The minimum atomic E-state index is -0.745. The third kappa shape index (κ3) is 4.88. The van der Waals surface area contributed by atoms with Crippen molar-refractivity contribution < 1.29 is 9.90 Å². The fourth-order valence-electron chi connectivity index (χ4n) is 1.92. The molecule has 18 heavy (non-hydrogen) atoms. The van der Waals surface area contributed by atoms with Crippen LogP contribution in [0.25, 0.3) is 0 Å². The third-order valence-electron chi connectivity index (χ3n) is 3.40. The van der Waals surface area contributed by atoms with Gasteiger partial charge in [-0.05, 0) is 32.3 Å². The van der Waals surface area contributed by atoms with Crippen LogP contribution < -0.4 is 5.32 Å². The standard InChI is InChI=1S/C15H23NO2/c1-11(16-13(3)12(2)15(17)18)9-10-14-7-5-4-6-8-14/h4-8,11-13,16H,9-10H2,1-3H3,(H,17,18). The van der Waals surface area contributed by atoms with Gasteiger partial charge in [0.1, 0.15) is 0 Å². The molecule has 0 amide bonds. The number of hydrogen-bond acceptors (Lipinski definition) is 2. The quantitative estimate of drug-likeness (QED) is 0.781. The summed E-state index contributed by atoms with van der Waals surface area (Å²) in [5, 5.41) is 12.3. The summed E-state index contributed by atoms with van der Waals surface area (Å²) < 4.78 is 0. The van der Waals surface area contributed by atoms with Crippen molar-refractivity contribution in [3.8, 4) is 0 Å². The van der Waals surface area contributed by atoms with Crippen LogP contribution in [0.4, 0.5) is 0 Å². The summed E-state index contributed by atoms with van der Waals surface area (Å²) in [7, 11) is 0. The highest BCUT2D eigenvalue weighted by molar-refractivity contribution is 5.70. The summed E-state index contributed by atoms with van der Waals surface area (Å²) in [6.07, 6.45) is 2.03. The molecule has 0 aromatic heterocycles. The van der Waals surface area contributed by atoms with E-state index in [1.165, 1.54) is 5.56 Å². The highest BCUT2D eigenvalue weighted by atomic mass is 16.4. The molecule has 3 heteroatoms. The SMILES string of the molecule is CC(CCc1ccccc1)NC(C)C(C)C(=O)O. The van der Waals surface area contributed by atoms with E-state index in [4.69, 9.17) is 5.11 Å². The Morgan fingerprint density at radius 3 is 2.39 bits per heavy atom. The van der Waals surface area contributed by atoms with Crippen molar-refractivity contribution in [3.63, 3.8) is 0 Å². The number of rotatable bonds is 7. The molecule has 1 aromatic carbocycles. The molecule has 0 saturated heterocycles. The summed E-state index contributed by atoms with van der Waals surface area (Å²) in [6.45, 7) is 5.77. The van der Waals surface area contributed by atoms with Crippen LogP contribution in [0.1, 0.15) is 32.8 Å². The minimum Gasteiger partial charge on any atom is -0.481 e. The van der Waals surface area contributed by atoms with Gasteiger partial charge in [0, 0.05) is 12.1 Å². The van der Waals surface area contributed by atoms with E-state index in [2.05, 4.69) is 24.4 Å². The van der Waals surface area contributed by atoms with Gasteiger partial charge in [-0.15, -0.1) is 0 Å². The lowest BCUT2D eigenvalue weighted by Crippen LogP contribution is -2.41. The second-order valence-electron chi connectivity index (χ2n) is 5.01. The number of carboxylic acids is 1. The number of carboxylic acid groups (broad SMARTS) is 1. The smallest absolute Gasteiger partial charge is 0.307 e. The molecule has 0 bridgehead atoms. The maximum atomic E-state index is 10.9. The number of aryl methyl sites for hydroxylation is 1. The Morgan fingerprint density at radius 1 is 1.22 bits per heavy atom. The fourth-order valence-corrected chi connectivity index (χ4v) is 1.92. The van der Waals surface area contributed by atoms with Gasteiger partial charge >= 0.3 is 5.97 Å². The first-order valence-corrected chi connectivity index (χ1v) is 6.53. The molecule has 1 aromatic rings. The van der Waals surface area contributed by atoms with Crippen molar-refractivity contribution in [1.29, 1.82) is 0 Å². The fraction of sp³-hybridized carbons (Fsp3) is 0.533. The largest absolute Gasteiger partial charge is 0.481 e. The Kier molecular flexibility index (Phi) is 5.86. The maximum Gasteiger partial charge on any atom is 0.307 e. The van der Waals surface area contributed by atoms with Gasteiger partial charge in [-0.3, -0.25) is 4.79 Å². The third-order valence-corrected chi connectivity index (χ3v) is 3.40. The Balaban J connectivity index is 2.33. The lowest BCUT2D eigenvalue weighted by Gasteiger charge is -2.22. The topological polar surface area (TPSA) is 49.3 Å². The number of aliphatic carboxylic acids is 1. The van der Waals surface area contributed by atoms with E-state index in [1.54, 1.807) is 6.92 Å². The molecule has 0 fully saturated rings. The molecule has 3 nitrogen and oxygen atoms in total. The van der Waals surface area contributed by atoms with Crippen molar-refractivity contribution in [2.24, 2.45) is 5.92 Å². The Morgan fingerprint density at radius 2 is 1.83 bits per heavy atom. The molecule has 100 valence electrons. The van der Waals surface area contributed by atoms with Crippen molar-refractivity contribution in [2.45, 2.75) is 45.7 Å². The first-order valence-electron chi connectivity index (χ1n) is 6.53. The number of carbonyl (C=O) groups is 1. The average Bonchev–Trinajstić information content (AvgIpc) is 2.36. The molecular formula is C15H23NO2.